The van der Waals surface area contributed by atoms with E-state index in [0.717, 1.165) is 19.6 Å². The number of aromatic nitrogens is 1. The van der Waals surface area contributed by atoms with Crippen molar-refractivity contribution in [2.45, 2.75) is 20.0 Å². The summed E-state index contributed by atoms with van der Waals surface area (Å²) in [6.45, 7) is 6.81. The summed E-state index contributed by atoms with van der Waals surface area (Å²) in [5, 5.41) is 1.38. The van der Waals surface area contributed by atoms with Crippen LogP contribution in [0, 0.1) is 0 Å². The van der Waals surface area contributed by atoms with Crippen LogP contribution in [0.5, 0.6) is 0 Å². The lowest BCUT2D eigenvalue weighted by Gasteiger charge is -2.27. The average Bonchev–Trinajstić information content (AvgIpc) is 2.66. The van der Waals surface area contributed by atoms with Crippen molar-refractivity contribution < 1.29 is 0 Å². The third-order valence-electron chi connectivity index (χ3n) is 3.37. The first-order valence-electron chi connectivity index (χ1n) is 5.68. The minimum Gasteiger partial charge on any atom is -0.342 e. The minimum atomic E-state index is 1.10. The van der Waals surface area contributed by atoms with Crippen LogP contribution in [0.4, 0.5) is 0 Å². The summed E-state index contributed by atoms with van der Waals surface area (Å²) in [6, 6.07) is 11.0. The number of likely N-dealkylation sites (N-methyl/N-ethyl adjacent to an activating group) is 1. The highest BCUT2D eigenvalue weighted by molar-refractivity contribution is 5.81. The van der Waals surface area contributed by atoms with Crippen molar-refractivity contribution in [1.29, 1.82) is 0 Å². The van der Waals surface area contributed by atoms with Gasteiger partial charge < -0.3 is 4.57 Å². The van der Waals surface area contributed by atoms with Crippen LogP contribution in [0.25, 0.3) is 10.9 Å². The summed E-state index contributed by atoms with van der Waals surface area (Å²) >= 11 is 0. The van der Waals surface area contributed by atoms with E-state index in [9.17, 15) is 0 Å². The van der Waals surface area contributed by atoms with E-state index in [1.54, 1.807) is 0 Å². The molecule has 1 aromatic heterocycles. The Labute approximate surface area is 90.1 Å². The maximum Gasteiger partial charge on any atom is 0.0483 e. The maximum absolute atomic E-state index is 2.49. The van der Waals surface area contributed by atoms with Crippen molar-refractivity contribution in [3.8, 4) is 0 Å². The van der Waals surface area contributed by atoms with E-state index in [1.165, 1.54) is 23.1 Å². The fourth-order valence-corrected chi connectivity index (χ4v) is 2.48. The Balaban J connectivity index is 2.12. The molecule has 3 rings (SSSR count). The molecule has 1 aliphatic heterocycles. The maximum atomic E-state index is 2.49. The van der Waals surface area contributed by atoms with E-state index < -0.39 is 0 Å². The minimum absolute atomic E-state index is 1.10. The van der Waals surface area contributed by atoms with Gasteiger partial charge in [-0.15, -0.1) is 0 Å². The molecule has 2 heterocycles. The van der Waals surface area contributed by atoms with Crippen LogP contribution < -0.4 is 0 Å². The van der Waals surface area contributed by atoms with E-state index in [4.69, 9.17) is 0 Å². The molecule has 0 saturated heterocycles. The molecule has 0 N–H and O–H groups in total. The summed E-state index contributed by atoms with van der Waals surface area (Å²) in [5.74, 6) is 0. The third kappa shape index (κ3) is 1.37. The molecule has 78 valence electrons. The quantitative estimate of drug-likeness (QED) is 0.686. The molecule has 0 saturated carbocycles. The second-order valence-corrected chi connectivity index (χ2v) is 4.21. The number of para-hydroxylation sites is 1. The highest BCUT2D eigenvalue weighted by atomic mass is 15.2. The van der Waals surface area contributed by atoms with E-state index in [1.807, 2.05) is 0 Å². The molecule has 0 spiro atoms. The molecule has 1 aliphatic rings. The van der Waals surface area contributed by atoms with Gasteiger partial charge in [-0.25, -0.2) is 0 Å². The zero-order valence-electron chi connectivity index (χ0n) is 9.11. The third-order valence-corrected chi connectivity index (χ3v) is 3.37. The second-order valence-electron chi connectivity index (χ2n) is 4.21. The van der Waals surface area contributed by atoms with E-state index in [-0.39, 0.29) is 0 Å². The number of hydrogen-bond acceptors (Lipinski definition) is 1. The van der Waals surface area contributed by atoms with Crippen LogP contribution in [0.3, 0.4) is 0 Å². The first-order valence-corrected chi connectivity index (χ1v) is 5.68. The molecule has 2 nitrogen and oxygen atoms in total. The van der Waals surface area contributed by atoms with Gasteiger partial charge in [0, 0.05) is 30.8 Å². The van der Waals surface area contributed by atoms with Crippen LogP contribution >= 0.6 is 0 Å². The Morgan fingerprint density at radius 2 is 2.07 bits per heavy atom. The van der Waals surface area contributed by atoms with Crippen LogP contribution in [-0.2, 0) is 13.1 Å². The molecule has 0 aliphatic carbocycles. The van der Waals surface area contributed by atoms with Crippen LogP contribution in [-0.4, -0.2) is 22.6 Å². The molecule has 2 heteroatoms. The molecule has 2 aromatic rings. The zero-order chi connectivity index (χ0) is 10.3. The molecule has 0 atom stereocenters. The van der Waals surface area contributed by atoms with Gasteiger partial charge in [-0.1, -0.05) is 25.1 Å². The van der Waals surface area contributed by atoms with Crippen molar-refractivity contribution in [3.05, 3.63) is 36.0 Å². The Morgan fingerprint density at radius 1 is 1.20 bits per heavy atom. The molecule has 0 fully saturated rings. The Hall–Kier alpha value is -1.28. The summed E-state index contributed by atoms with van der Waals surface area (Å²) in [5.41, 5.74) is 2.85. The summed E-state index contributed by atoms with van der Waals surface area (Å²) < 4.78 is 2.46. The highest BCUT2D eigenvalue weighted by Crippen LogP contribution is 2.23. The first-order chi connectivity index (χ1) is 7.38. The molecule has 0 radical (unpaired) electrons. The van der Waals surface area contributed by atoms with E-state index in [2.05, 4.69) is 46.7 Å². The Bertz CT molecular complexity index is 484. The summed E-state index contributed by atoms with van der Waals surface area (Å²) in [6.07, 6.45) is 0. The number of benzene rings is 1. The van der Waals surface area contributed by atoms with Gasteiger partial charge in [0.2, 0.25) is 0 Å². The van der Waals surface area contributed by atoms with Crippen LogP contribution in [0.15, 0.2) is 30.3 Å². The van der Waals surface area contributed by atoms with E-state index >= 15 is 0 Å². The Kier molecular flexibility index (Phi) is 2.03. The second kappa shape index (κ2) is 3.38. The van der Waals surface area contributed by atoms with Gasteiger partial charge >= 0.3 is 0 Å². The fraction of sp³-hybridized carbons (Fsp3) is 0.385. The summed E-state index contributed by atoms with van der Waals surface area (Å²) in [7, 11) is 0. The predicted molar refractivity (Wildman–Crippen MR) is 62.9 cm³/mol. The fourth-order valence-electron chi connectivity index (χ4n) is 2.48. The number of fused-ring (bicyclic) bond motifs is 3. The average molecular weight is 200 g/mol. The summed E-state index contributed by atoms with van der Waals surface area (Å²) in [4.78, 5) is 2.49. The zero-order valence-corrected chi connectivity index (χ0v) is 9.11. The van der Waals surface area contributed by atoms with Gasteiger partial charge in [-0.3, -0.25) is 4.90 Å². The van der Waals surface area contributed by atoms with Gasteiger partial charge in [-0.2, -0.15) is 0 Å². The van der Waals surface area contributed by atoms with Crippen molar-refractivity contribution in [3.63, 3.8) is 0 Å². The molecule has 0 bridgehead atoms. The monoisotopic (exact) mass is 200 g/mol. The lowest BCUT2D eigenvalue weighted by atomic mass is 10.2. The van der Waals surface area contributed by atoms with Crippen molar-refractivity contribution in [2.24, 2.45) is 0 Å². The van der Waals surface area contributed by atoms with Gasteiger partial charge in [-0.05, 0) is 24.1 Å². The standard InChI is InChI=1S/C13H16N2/c1-2-14-7-8-15-12(10-14)9-11-5-3-4-6-13(11)15/h3-6,9H,2,7-8,10H2,1H3. The van der Waals surface area contributed by atoms with Crippen molar-refractivity contribution >= 4 is 10.9 Å². The lowest BCUT2D eigenvalue weighted by Crippen LogP contribution is -2.32. The highest BCUT2D eigenvalue weighted by Gasteiger charge is 2.16. The van der Waals surface area contributed by atoms with Gasteiger partial charge in [0.15, 0.2) is 0 Å². The largest absolute Gasteiger partial charge is 0.342 e. The molecule has 0 unspecified atom stereocenters. The molecule has 0 amide bonds. The molecule has 15 heavy (non-hydrogen) atoms. The topological polar surface area (TPSA) is 8.17 Å². The molecule has 1 aromatic carbocycles. The first kappa shape index (κ1) is 8.98. The molecular weight excluding hydrogens is 184 g/mol. The molecular formula is C13H16N2. The smallest absolute Gasteiger partial charge is 0.0483 e. The van der Waals surface area contributed by atoms with Crippen molar-refractivity contribution in [2.75, 3.05) is 13.1 Å². The number of nitrogens with zero attached hydrogens (tertiary/aromatic N) is 2. The lowest BCUT2D eigenvalue weighted by molar-refractivity contribution is 0.235. The van der Waals surface area contributed by atoms with E-state index in [0.29, 0.717) is 0 Å². The van der Waals surface area contributed by atoms with Gasteiger partial charge in [0.25, 0.3) is 0 Å². The van der Waals surface area contributed by atoms with Gasteiger partial charge in [0.05, 0.1) is 0 Å². The van der Waals surface area contributed by atoms with Crippen LogP contribution in [0.2, 0.25) is 0 Å². The van der Waals surface area contributed by atoms with Crippen LogP contribution in [0.1, 0.15) is 12.6 Å². The van der Waals surface area contributed by atoms with Crippen molar-refractivity contribution in [1.82, 2.24) is 9.47 Å². The Morgan fingerprint density at radius 3 is 2.93 bits per heavy atom. The number of hydrogen-bond donors (Lipinski definition) is 0. The van der Waals surface area contributed by atoms with Gasteiger partial charge in [0.1, 0.15) is 0 Å². The SMILES string of the molecule is CCN1CCn2c(cc3ccccc32)C1. The predicted octanol–water partition coefficient (Wildman–Crippen LogP) is 2.48. The normalized spacial score (nSPS) is 16.9. The number of rotatable bonds is 1.